The van der Waals surface area contributed by atoms with Crippen LogP contribution in [0.4, 0.5) is 11.9 Å². The van der Waals surface area contributed by atoms with Crippen molar-refractivity contribution in [3.05, 3.63) is 0 Å². The zero-order valence-electron chi connectivity index (χ0n) is 4.64. The number of nitrogens with zero attached hydrogens (tertiary/aromatic N) is 3. The third kappa shape index (κ3) is 1.52. The Morgan fingerprint density at radius 1 is 1.60 bits per heavy atom. The summed E-state index contributed by atoms with van der Waals surface area (Å²) in [5.41, 5.74) is 5.06. The second kappa shape index (κ2) is 2.43. The maximum atomic E-state index is 9.88. The van der Waals surface area contributed by atoms with Gasteiger partial charge in [0.1, 0.15) is 0 Å². The SMILES string of the molecule is Nc1nc(N=S(=O)=O)n[nH]1. The van der Waals surface area contributed by atoms with Crippen molar-refractivity contribution in [3.8, 4) is 0 Å². The summed E-state index contributed by atoms with van der Waals surface area (Å²) in [5.74, 6) is -0.157. The summed E-state index contributed by atoms with van der Waals surface area (Å²) in [5, 5.41) is 5.56. The van der Waals surface area contributed by atoms with Crippen LogP contribution < -0.4 is 5.73 Å². The number of nitrogens with one attached hydrogen (secondary N) is 1. The highest BCUT2D eigenvalue weighted by molar-refractivity contribution is 7.61. The molecule has 0 aliphatic rings. The molecule has 0 fully saturated rings. The number of H-pyrrole nitrogens is 1. The minimum atomic E-state index is -2.53. The fourth-order valence-corrected chi connectivity index (χ4v) is 0.587. The van der Waals surface area contributed by atoms with E-state index in [1.807, 2.05) is 0 Å². The van der Waals surface area contributed by atoms with Crippen molar-refractivity contribution in [2.75, 3.05) is 5.73 Å². The van der Waals surface area contributed by atoms with Crippen LogP contribution in [0.2, 0.25) is 0 Å². The van der Waals surface area contributed by atoms with Gasteiger partial charge >= 0.3 is 10.5 Å². The molecule has 0 saturated heterocycles. The normalized spacial score (nSPS) is 9.20. The molecule has 0 aliphatic heterocycles. The van der Waals surface area contributed by atoms with Crippen molar-refractivity contribution in [2.45, 2.75) is 0 Å². The van der Waals surface area contributed by atoms with Crippen LogP contribution in [-0.4, -0.2) is 23.6 Å². The zero-order valence-corrected chi connectivity index (χ0v) is 5.46. The molecule has 10 heavy (non-hydrogen) atoms. The number of nitrogen functional groups attached to an aromatic ring is 1. The second-order valence-electron chi connectivity index (χ2n) is 1.33. The Bertz CT molecular complexity index is 341. The first-order valence-corrected chi connectivity index (χ1v) is 3.20. The Labute approximate surface area is 57.0 Å². The lowest BCUT2D eigenvalue weighted by Gasteiger charge is -1.70. The van der Waals surface area contributed by atoms with E-state index in [0.717, 1.165) is 0 Å². The lowest BCUT2D eigenvalue weighted by Crippen LogP contribution is -1.84. The Morgan fingerprint density at radius 3 is 2.70 bits per heavy atom. The molecule has 0 saturated carbocycles. The van der Waals surface area contributed by atoms with E-state index in [4.69, 9.17) is 5.73 Å². The van der Waals surface area contributed by atoms with Crippen molar-refractivity contribution >= 4 is 22.4 Å². The molecule has 3 N–H and O–H groups in total. The summed E-state index contributed by atoms with van der Waals surface area (Å²) >= 11 is 0. The van der Waals surface area contributed by atoms with Crippen molar-refractivity contribution in [3.63, 3.8) is 0 Å². The lowest BCUT2D eigenvalue weighted by molar-refractivity contribution is 0.622. The largest absolute Gasteiger partial charge is 0.368 e. The molecule has 1 rings (SSSR count). The van der Waals surface area contributed by atoms with Gasteiger partial charge in [0, 0.05) is 0 Å². The highest BCUT2D eigenvalue weighted by Crippen LogP contribution is 2.01. The topological polar surface area (TPSA) is 114 Å². The lowest BCUT2D eigenvalue weighted by atomic mass is 11.0. The van der Waals surface area contributed by atoms with E-state index in [9.17, 15) is 8.42 Å². The molecule has 0 bridgehead atoms. The van der Waals surface area contributed by atoms with E-state index in [2.05, 4.69) is 19.5 Å². The Kier molecular flexibility index (Phi) is 1.63. The van der Waals surface area contributed by atoms with E-state index < -0.39 is 10.5 Å². The number of rotatable bonds is 1. The number of aromatic nitrogens is 3. The number of hydrogen-bond donors (Lipinski definition) is 2. The van der Waals surface area contributed by atoms with Crippen molar-refractivity contribution < 1.29 is 8.42 Å². The summed E-state index contributed by atoms with van der Waals surface area (Å²) in [6.45, 7) is 0. The van der Waals surface area contributed by atoms with E-state index >= 15 is 0 Å². The van der Waals surface area contributed by atoms with Crippen molar-refractivity contribution in [1.29, 1.82) is 0 Å². The molecule has 1 aromatic rings. The standard InChI is InChI=1S/C2H3N5O2S/c3-1-4-2(6-5-1)7-10(8)9/h(H3,3,4,5,6). The van der Waals surface area contributed by atoms with Gasteiger partial charge in [-0.3, -0.25) is 0 Å². The summed E-state index contributed by atoms with van der Waals surface area (Å²) in [6.07, 6.45) is 0. The van der Waals surface area contributed by atoms with Crippen molar-refractivity contribution in [2.24, 2.45) is 4.36 Å². The molecule has 0 aromatic carbocycles. The molecule has 0 radical (unpaired) electrons. The maximum Gasteiger partial charge on any atom is 0.319 e. The van der Waals surface area contributed by atoms with E-state index in [-0.39, 0.29) is 11.9 Å². The van der Waals surface area contributed by atoms with Crippen LogP contribution in [0.25, 0.3) is 0 Å². The van der Waals surface area contributed by atoms with Crippen LogP contribution in [0, 0.1) is 0 Å². The molecule has 0 aliphatic carbocycles. The van der Waals surface area contributed by atoms with Gasteiger partial charge in [0.25, 0.3) is 5.95 Å². The highest BCUT2D eigenvalue weighted by atomic mass is 32.2. The Morgan fingerprint density at radius 2 is 2.30 bits per heavy atom. The third-order valence-corrected chi connectivity index (χ3v) is 0.959. The first kappa shape index (κ1) is 6.68. The highest BCUT2D eigenvalue weighted by Gasteiger charge is 1.95. The summed E-state index contributed by atoms with van der Waals surface area (Å²) in [7, 11) is -2.53. The molecular formula is C2H3N5O2S. The summed E-state index contributed by atoms with van der Waals surface area (Å²) < 4.78 is 22.7. The first-order chi connectivity index (χ1) is 4.68. The molecule has 1 heterocycles. The molecule has 7 nitrogen and oxygen atoms in total. The molecule has 8 heteroatoms. The molecule has 54 valence electrons. The quantitative estimate of drug-likeness (QED) is 0.552. The molecule has 0 unspecified atom stereocenters. The van der Waals surface area contributed by atoms with Gasteiger partial charge in [-0.1, -0.05) is 4.36 Å². The van der Waals surface area contributed by atoms with E-state index in [1.165, 1.54) is 0 Å². The first-order valence-electron chi connectivity index (χ1n) is 2.17. The minimum Gasteiger partial charge on any atom is -0.368 e. The average Bonchev–Trinajstić information content (AvgIpc) is 2.13. The fourth-order valence-electron chi connectivity index (χ4n) is 0.373. The van der Waals surface area contributed by atoms with Gasteiger partial charge in [0.05, 0.1) is 0 Å². The molecule has 0 amide bonds. The Hall–Kier alpha value is -1.44. The third-order valence-electron chi connectivity index (χ3n) is 0.647. The van der Waals surface area contributed by atoms with E-state index in [1.54, 1.807) is 0 Å². The van der Waals surface area contributed by atoms with Gasteiger partial charge in [-0.15, -0.1) is 5.10 Å². The number of anilines is 1. The molecule has 1 aromatic heterocycles. The number of aromatic amines is 1. The van der Waals surface area contributed by atoms with Crippen molar-refractivity contribution in [1.82, 2.24) is 15.2 Å². The molecule has 0 spiro atoms. The van der Waals surface area contributed by atoms with Gasteiger partial charge in [-0.05, 0) is 0 Å². The predicted octanol–water partition coefficient (Wildman–Crippen LogP) is -0.919. The molecule has 0 atom stereocenters. The smallest absolute Gasteiger partial charge is 0.319 e. The second-order valence-corrected chi connectivity index (χ2v) is 1.95. The summed E-state index contributed by atoms with van der Waals surface area (Å²) in [6, 6.07) is 0. The van der Waals surface area contributed by atoms with E-state index in [0.29, 0.717) is 0 Å². The predicted molar refractivity (Wildman–Crippen MR) is 31.8 cm³/mol. The minimum absolute atomic E-state index is 0.0317. The number of nitrogens with two attached hydrogens (primary N) is 1. The van der Waals surface area contributed by atoms with Gasteiger partial charge in [0.15, 0.2) is 0 Å². The maximum absolute atomic E-state index is 9.88. The Balaban J connectivity index is 3.09. The van der Waals surface area contributed by atoms with Crippen LogP contribution in [0.5, 0.6) is 0 Å². The van der Waals surface area contributed by atoms with Gasteiger partial charge in [0.2, 0.25) is 5.95 Å². The van der Waals surface area contributed by atoms with Gasteiger partial charge < -0.3 is 5.73 Å². The van der Waals surface area contributed by atoms with Crippen LogP contribution in [0.1, 0.15) is 0 Å². The fraction of sp³-hybridized carbons (Fsp3) is 0. The molecular weight excluding hydrogens is 158 g/mol. The van der Waals surface area contributed by atoms with Gasteiger partial charge in [-0.25, -0.2) is 5.10 Å². The van der Waals surface area contributed by atoms with Crippen LogP contribution in [-0.2, 0) is 10.5 Å². The van der Waals surface area contributed by atoms with Crippen LogP contribution in [0.15, 0.2) is 4.36 Å². The van der Waals surface area contributed by atoms with Crippen LogP contribution in [0.3, 0.4) is 0 Å². The van der Waals surface area contributed by atoms with Gasteiger partial charge in [-0.2, -0.15) is 13.4 Å². The zero-order chi connectivity index (χ0) is 7.56. The van der Waals surface area contributed by atoms with Crippen LogP contribution >= 0.6 is 0 Å². The number of hydrogen-bond acceptors (Lipinski definition) is 6. The average molecular weight is 161 g/mol. The monoisotopic (exact) mass is 161 g/mol. The summed E-state index contributed by atoms with van der Waals surface area (Å²) in [4.78, 5) is 3.40.